The molecule has 0 aromatic rings. The first-order valence-electron chi connectivity index (χ1n) is 6.97. The van der Waals surface area contributed by atoms with E-state index in [1.54, 1.807) is 0 Å². The van der Waals surface area contributed by atoms with Crippen LogP contribution in [-0.2, 0) is 0 Å². The van der Waals surface area contributed by atoms with Crippen molar-refractivity contribution in [1.82, 2.24) is 10.2 Å². The molecule has 0 aromatic heterocycles. The average molecular weight is 224 g/mol. The minimum absolute atomic E-state index is 0.659. The van der Waals surface area contributed by atoms with Crippen LogP contribution in [0.3, 0.4) is 0 Å². The number of piperidine rings is 1. The molecule has 0 bridgehead atoms. The van der Waals surface area contributed by atoms with Crippen molar-refractivity contribution in [3.63, 3.8) is 0 Å². The van der Waals surface area contributed by atoms with Gasteiger partial charge < -0.3 is 10.2 Å². The Morgan fingerprint density at radius 3 is 2.56 bits per heavy atom. The van der Waals surface area contributed by atoms with E-state index in [2.05, 4.69) is 38.0 Å². The molecule has 2 heteroatoms. The third kappa shape index (κ3) is 2.60. The molecule has 2 unspecified atom stereocenters. The average Bonchev–Trinajstić information content (AvgIpc) is 3.01. The van der Waals surface area contributed by atoms with E-state index in [9.17, 15) is 0 Å². The van der Waals surface area contributed by atoms with Gasteiger partial charge in [-0.3, -0.25) is 0 Å². The predicted octanol–water partition coefficient (Wildman–Crippen LogP) is 2.49. The largest absolute Gasteiger partial charge is 0.313 e. The van der Waals surface area contributed by atoms with Crippen LogP contribution in [0.4, 0.5) is 0 Å². The van der Waals surface area contributed by atoms with E-state index in [1.807, 2.05) is 0 Å². The monoisotopic (exact) mass is 224 g/mol. The lowest BCUT2D eigenvalue weighted by molar-refractivity contribution is 0.162. The zero-order chi connectivity index (χ0) is 11.8. The number of nitrogens with zero attached hydrogens (tertiary/aromatic N) is 1. The van der Waals surface area contributed by atoms with Crippen LogP contribution in [0, 0.1) is 11.3 Å². The molecule has 2 aliphatic rings. The van der Waals surface area contributed by atoms with Gasteiger partial charge in [-0.1, -0.05) is 13.8 Å². The minimum atomic E-state index is 0.659. The Kier molecular flexibility index (Phi) is 3.60. The number of nitrogens with one attached hydrogen (secondary N) is 1. The summed E-state index contributed by atoms with van der Waals surface area (Å²) in [6.07, 6.45) is 5.54. The molecule has 0 radical (unpaired) electrons. The van der Waals surface area contributed by atoms with E-state index in [0.717, 1.165) is 18.0 Å². The molecule has 2 fully saturated rings. The molecular formula is C14H28N2. The van der Waals surface area contributed by atoms with Crippen molar-refractivity contribution in [2.24, 2.45) is 11.3 Å². The van der Waals surface area contributed by atoms with Gasteiger partial charge in [0.2, 0.25) is 0 Å². The van der Waals surface area contributed by atoms with Crippen molar-refractivity contribution in [2.45, 2.75) is 58.5 Å². The second-order valence-electron chi connectivity index (χ2n) is 6.45. The summed E-state index contributed by atoms with van der Waals surface area (Å²) in [7, 11) is 2.25. The van der Waals surface area contributed by atoms with E-state index in [1.165, 1.54) is 38.8 Å². The first kappa shape index (κ1) is 12.4. The number of hydrogen-bond donors (Lipinski definition) is 1. The maximum atomic E-state index is 3.83. The Balaban J connectivity index is 1.75. The van der Waals surface area contributed by atoms with Crippen molar-refractivity contribution in [3.05, 3.63) is 0 Å². The Morgan fingerprint density at radius 2 is 2.06 bits per heavy atom. The van der Waals surface area contributed by atoms with Gasteiger partial charge in [-0.15, -0.1) is 0 Å². The molecule has 1 aliphatic carbocycles. The van der Waals surface area contributed by atoms with Gasteiger partial charge in [0.25, 0.3) is 0 Å². The van der Waals surface area contributed by atoms with Crippen LogP contribution < -0.4 is 5.32 Å². The second kappa shape index (κ2) is 4.66. The molecule has 0 spiro atoms. The van der Waals surface area contributed by atoms with Gasteiger partial charge in [0, 0.05) is 18.6 Å². The molecule has 1 saturated carbocycles. The summed E-state index contributed by atoms with van der Waals surface area (Å²) in [4.78, 5) is 2.48. The van der Waals surface area contributed by atoms with Crippen molar-refractivity contribution in [1.29, 1.82) is 0 Å². The Hall–Kier alpha value is -0.0800. The van der Waals surface area contributed by atoms with Crippen molar-refractivity contribution in [3.8, 4) is 0 Å². The smallest absolute Gasteiger partial charge is 0.00942 e. The van der Waals surface area contributed by atoms with Gasteiger partial charge in [0.05, 0.1) is 0 Å². The van der Waals surface area contributed by atoms with E-state index < -0.39 is 0 Å². The molecule has 1 heterocycles. The summed E-state index contributed by atoms with van der Waals surface area (Å²) in [6.45, 7) is 9.63. The highest BCUT2D eigenvalue weighted by molar-refractivity contribution is 4.98. The highest BCUT2D eigenvalue weighted by atomic mass is 15.1. The Bertz CT molecular complexity index is 233. The summed E-state index contributed by atoms with van der Waals surface area (Å²) in [5.41, 5.74) is 0.659. The molecule has 1 N–H and O–H groups in total. The highest BCUT2D eigenvalue weighted by Gasteiger charge is 2.45. The fraction of sp³-hybridized carbons (Fsp3) is 1.00. The van der Waals surface area contributed by atoms with Gasteiger partial charge in [-0.25, -0.2) is 0 Å². The summed E-state index contributed by atoms with van der Waals surface area (Å²) in [5, 5.41) is 3.83. The molecule has 2 nitrogen and oxygen atoms in total. The first-order valence-corrected chi connectivity index (χ1v) is 6.97. The zero-order valence-corrected chi connectivity index (χ0v) is 11.4. The minimum Gasteiger partial charge on any atom is -0.313 e. The highest BCUT2D eigenvalue weighted by Crippen LogP contribution is 2.51. The summed E-state index contributed by atoms with van der Waals surface area (Å²) in [5.74, 6) is 0.851. The van der Waals surface area contributed by atoms with Crippen LogP contribution in [0.5, 0.6) is 0 Å². The standard InChI is InChI=1S/C14H28N2/c1-11(2)14(6-7-14)10-15-13-5-8-16(4)12(3)9-13/h11-13,15H,5-10H2,1-4H3. The van der Waals surface area contributed by atoms with Crippen LogP contribution in [0.2, 0.25) is 0 Å². The molecule has 1 aliphatic heterocycles. The molecule has 0 aromatic carbocycles. The lowest BCUT2D eigenvalue weighted by Crippen LogP contribution is -2.47. The Morgan fingerprint density at radius 1 is 1.38 bits per heavy atom. The van der Waals surface area contributed by atoms with Gasteiger partial charge in [0.15, 0.2) is 0 Å². The maximum Gasteiger partial charge on any atom is 0.00942 e. The number of likely N-dealkylation sites (tertiary alicyclic amines) is 1. The van der Waals surface area contributed by atoms with Gasteiger partial charge in [0.1, 0.15) is 0 Å². The van der Waals surface area contributed by atoms with Crippen molar-refractivity contribution in [2.75, 3.05) is 20.1 Å². The lowest BCUT2D eigenvalue weighted by atomic mass is 9.91. The van der Waals surface area contributed by atoms with Gasteiger partial charge in [-0.2, -0.15) is 0 Å². The molecular weight excluding hydrogens is 196 g/mol. The molecule has 16 heavy (non-hydrogen) atoms. The maximum absolute atomic E-state index is 3.83. The van der Waals surface area contributed by atoms with Gasteiger partial charge in [-0.05, 0) is 57.5 Å². The van der Waals surface area contributed by atoms with Crippen molar-refractivity contribution < 1.29 is 0 Å². The molecule has 2 atom stereocenters. The van der Waals surface area contributed by atoms with E-state index >= 15 is 0 Å². The topological polar surface area (TPSA) is 15.3 Å². The number of rotatable bonds is 4. The normalized spacial score (nSPS) is 34.3. The molecule has 2 rings (SSSR count). The van der Waals surface area contributed by atoms with E-state index in [0.29, 0.717) is 5.41 Å². The third-order valence-electron chi connectivity index (χ3n) is 5.07. The number of hydrogen-bond acceptors (Lipinski definition) is 2. The molecule has 0 amide bonds. The summed E-state index contributed by atoms with van der Waals surface area (Å²) >= 11 is 0. The SMILES string of the molecule is CC1CC(NCC2(C(C)C)CC2)CCN1C. The van der Waals surface area contributed by atoms with Gasteiger partial charge >= 0.3 is 0 Å². The zero-order valence-electron chi connectivity index (χ0n) is 11.4. The fourth-order valence-corrected chi connectivity index (χ4v) is 2.94. The lowest BCUT2D eigenvalue weighted by Gasteiger charge is -2.36. The van der Waals surface area contributed by atoms with E-state index in [-0.39, 0.29) is 0 Å². The third-order valence-corrected chi connectivity index (χ3v) is 5.07. The molecule has 1 saturated heterocycles. The van der Waals surface area contributed by atoms with Crippen LogP contribution in [0.15, 0.2) is 0 Å². The molecule has 94 valence electrons. The van der Waals surface area contributed by atoms with Crippen LogP contribution in [0.25, 0.3) is 0 Å². The fourth-order valence-electron chi connectivity index (χ4n) is 2.94. The van der Waals surface area contributed by atoms with Crippen LogP contribution >= 0.6 is 0 Å². The quantitative estimate of drug-likeness (QED) is 0.789. The predicted molar refractivity (Wildman–Crippen MR) is 69.6 cm³/mol. The summed E-state index contributed by atoms with van der Waals surface area (Å²) < 4.78 is 0. The Labute approximate surface area is 101 Å². The first-order chi connectivity index (χ1) is 7.53. The van der Waals surface area contributed by atoms with Crippen LogP contribution in [0.1, 0.15) is 46.5 Å². The van der Waals surface area contributed by atoms with E-state index in [4.69, 9.17) is 0 Å². The summed E-state index contributed by atoms with van der Waals surface area (Å²) in [6, 6.07) is 1.52. The second-order valence-corrected chi connectivity index (χ2v) is 6.45. The van der Waals surface area contributed by atoms with Crippen molar-refractivity contribution >= 4 is 0 Å². The van der Waals surface area contributed by atoms with Crippen LogP contribution in [-0.4, -0.2) is 37.1 Å².